The Balaban J connectivity index is 3.77. The van der Waals surface area contributed by atoms with Crippen LogP contribution < -0.4 is 0 Å². The van der Waals surface area contributed by atoms with Crippen molar-refractivity contribution < 1.29 is 23.9 Å². The molecule has 0 N–H and O–H groups in total. The first-order valence-electron chi connectivity index (χ1n) is 13.6. The number of hydrogen-bond donors (Lipinski definition) is 0. The lowest BCUT2D eigenvalue weighted by molar-refractivity contribution is -0.154. The smallest absolute Gasteiger partial charge is 0.339 e. The minimum atomic E-state index is -2.18. The van der Waals surface area contributed by atoms with Crippen LogP contribution in [0.3, 0.4) is 0 Å². The highest BCUT2D eigenvalue weighted by Crippen LogP contribution is 2.41. The van der Waals surface area contributed by atoms with E-state index in [1.165, 1.54) is 0 Å². The maximum Gasteiger partial charge on any atom is 0.339 e. The molecule has 0 unspecified atom stereocenters. The molecule has 36 heavy (non-hydrogen) atoms. The Bertz CT molecular complexity index is 860. The van der Waals surface area contributed by atoms with Crippen LogP contribution in [0.4, 0.5) is 0 Å². The molecule has 1 rings (SSSR count). The second-order valence-electron chi connectivity index (χ2n) is 13.0. The molecule has 2 atom stereocenters. The largest absolute Gasteiger partial charge is 0.457 e. The van der Waals surface area contributed by atoms with Gasteiger partial charge < -0.3 is 14.4 Å². The Labute approximate surface area is 220 Å². The first-order chi connectivity index (χ1) is 16.3. The maximum absolute atomic E-state index is 14.0. The van der Waals surface area contributed by atoms with Crippen LogP contribution in [0, 0.1) is 11.8 Å². The summed E-state index contributed by atoms with van der Waals surface area (Å²) in [6, 6.07) is 0. The Morgan fingerprint density at radius 1 is 0.861 bits per heavy atom. The highest BCUT2D eigenvalue weighted by molar-refractivity contribution is 6.84. The van der Waals surface area contributed by atoms with E-state index in [0.717, 1.165) is 30.9 Å². The van der Waals surface area contributed by atoms with Gasteiger partial charge in [0, 0.05) is 19.0 Å². The standard InChI is InChI=1S/C29H51NO5Si/c1-13-15-17-30(18-16-14-2)25(31)21-19-22(36(10,11)12)24(27(33)35-29(7,8)9)23(20(21)3)26(32)34-28(4,5)6/h19-21H,13-18H2,1-12H3/t20-,21+/m1/s1. The van der Waals surface area contributed by atoms with Gasteiger partial charge in [0.15, 0.2) is 0 Å². The van der Waals surface area contributed by atoms with Gasteiger partial charge >= 0.3 is 11.9 Å². The van der Waals surface area contributed by atoms with Gasteiger partial charge in [0.1, 0.15) is 11.2 Å². The topological polar surface area (TPSA) is 72.9 Å². The fraction of sp³-hybridized carbons (Fsp3) is 0.759. The van der Waals surface area contributed by atoms with Crippen LogP contribution in [-0.2, 0) is 23.9 Å². The molecule has 0 aliphatic heterocycles. The van der Waals surface area contributed by atoms with E-state index in [0.29, 0.717) is 18.7 Å². The zero-order valence-electron chi connectivity index (χ0n) is 25.0. The monoisotopic (exact) mass is 521 g/mol. The van der Waals surface area contributed by atoms with Crippen LogP contribution in [-0.4, -0.2) is 55.1 Å². The van der Waals surface area contributed by atoms with Crippen molar-refractivity contribution in [2.45, 2.75) is 119 Å². The zero-order valence-corrected chi connectivity index (χ0v) is 26.0. The van der Waals surface area contributed by atoms with E-state index in [9.17, 15) is 14.4 Å². The van der Waals surface area contributed by atoms with Crippen LogP contribution in [0.2, 0.25) is 19.6 Å². The van der Waals surface area contributed by atoms with E-state index in [1.54, 1.807) is 20.8 Å². The molecule has 0 fully saturated rings. The lowest BCUT2D eigenvalue weighted by atomic mass is 9.79. The second-order valence-corrected chi connectivity index (χ2v) is 18.0. The number of rotatable bonds is 10. The van der Waals surface area contributed by atoms with Crippen molar-refractivity contribution in [3.63, 3.8) is 0 Å². The minimum Gasteiger partial charge on any atom is -0.457 e. The molecular formula is C29H51NO5Si. The number of amides is 1. The Kier molecular flexibility index (Phi) is 11.2. The maximum atomic E-state index is 14.0. The molecule has 0 aromatic heterocycles. The first-order valence-corrected chi connectivity index (χ1v) is 17.1. The number of carbonyl (C=O) groups is 3. The van der Waals surface area contributed by atoms with E-state index in [2.05, 4.69) is 33.5 Å². The highest BCUT2D eigenvalue weighted by atomic mass is 28.3. The Hall–Kier alpha value is -1.89. The van der Waals surface area contributed by atoms with Crippen molar-refractivity contribution >= 4 is 25.9 Å². The van der Waals surface area contributed by atoms with Crippen LogP contribution in [0.15, 0.2) is 22.4 Å². The van der Waals surface area contributed by atoms with Crippen molar-refractivity contribution in [2.75, 3.05) is 13.1 Å². The molecule has 1 aliphatic carbocycles. The summed E-state index contributed by atoms with van der Waals surface area (Å²) < 4.78 is 11.6. The lowest BCUT2D eigenvalue weighted by Gasteiger charge is -2.38. The predicted molar refractivity (Wildman–Crippen MR) is 149 cm³/mol. The second kappa shape index (κ2) is 12.6. The van der Waals surface area contributed by atoms with Crippen LogP contribution >= 0.6 is 0 Å². The normalized spacial score (nSPS) is 19.1. The van der Waals surface area contributed by atoms with E-state index < -0.39 is 43.1 Å². The molecule has 0 saturated carbocycles. The highest BCUT2D eigenvalue weighted by Gasteiger charge is 2.45. The van der Waals surface area contributed by atoms with E-state index in [4.69, 9.17) is 9.47 Å². The summed E-state index contributed by atoms with van der Waals surface area (Å²) in [5.74, 6) is -2.10. The lowest BCUT2D eigenvalue weighted by Crippen LogP contribution is -2.45. The molecular weight excluding hydrogens is 470 g/mol. The van der Waals surface area contributed by atoms with Crippen LogP contribution in [0.5, 0.6) is 0 Å². The molecule has 1 amide bonds. The summed E-state index contributed by atoms with van der Waals surface area (Å²) in [5.41, 5.74) is -0.899. The molecule has 0 spiro atoms. The molecule has 0 aromatic carbocycles. The number of unbranched alkanes of at least 4 members (excludes halogenated alkanes) is 2. The quantitative estimate of drug-likeness (QED) is 0.243. The van der Waals surface area contributed by atoms with Crippen molar-refractivity contribution in [1.29, 1.82) is 0 Å². The van der Waals surface area contributed by atoms with Gasteiger partial charge in [-0.1, -0.05) is 59.3 Å². The average Bonchev–Trinajstić information content (AvgIpc) is 2.69. The zero-order chi connectivity index (χ0) is 28.1. The number of hydrogen-bond acceptors (Lipinski definition) is 5. The van der Waals surface area contributed by atoms with Gasteiger partial charge in [-0.05, 0) is 59.6 Å². The third-order valence-electron chi connectivity index (χ3n) is 6.07. The third-order valence-corrected chi connectivity index (χ3v) is 8.10. The van der Waals surface area contributed by atoms with Crippen molar-refractivity contribution in [3.8, 4) is 0 Å². The molecule has 6 nitrogen and oxygen atoms in total. The molecule has 0 heterocycles. The van der Waals surface area contributed by atoms with Gasteiger partial charge in [-0.25, -0.2) is 9.59 Å². The fourth-order valence-corrected chi connectivity index (χ4v) is 5.95. The molecule has 7 heteroatoms. The van der Waals surface area contributed by atoms with Gasteiger partial charge in [0.25, 0.3) is 0 Å². The number of ether oxygens (including phenoxy) is 2. The molecule has 206 valence electrons. The number of nitrogens with zero attached hydrogens (tertiary/aromatic N) is 1. The SMILES string of the molecule is CCCCN(CCCC)C(=O)[C@H]1C=C([Si](C)(C)C)C(C(=O)OC(C)(C)C)=C(C(=O)OC(C)(C)C)[C@@H]1C. The van der Waals surface area contributed by atoms with Crippen LogP contribution in [0.25, 0.3) is 0 Å². The molecule has 0 aromatic rings. The van der Waals surface area contributed by atoms with E-state index in [1.807, 2.05) is 38.7 Å². The molecule has 0 saturated heterocycles. The van der Waals surface area contributed by atoms with Gasteiger partial charge in [0.2, 0.25) is 5.91 Å². The Morgan fingerprint density at radius 3 is 1.69 bits per heavy atom. The van der Waals surface area contributed by atoms with Gasteiger partial charge in [-0.15, -0.1) is 0 Å². The number of esters is 2. The number of carbonyl (C=O) groups excluding carboxylic acids is 3. The molecule has 1 aliphatic rings. The summed E-state index contributed by atoms with van der Waals surface area (Å²) >= 11 is 0. The third kappa shape index (κ3) is 9.20. The molecule has 0 radical (unpaired) electrons. The summed E-state index contributed by atoms with van der Waals surface area (Å²) in [7, 11) is -2.18. The van der Waals surface area contributed by atoms with E-state index in [-0.39, 0.29) is 11.5 Å². The predicted octanol–water partition coefficient (Wildman–Crippen LogP) is 6.46. The van der Waals surface area contributed by atoms with Crippen molar-refractivity contribution in [3.05, 3.63) is 22.4 Å². The fourth-order valence-electron chi connectivity index (χ4n) is 4.28. The van der Waals surface area contributed by atoms with Gasteiger partial charge in [-0.3, -0.25) is 4.79 Å². The van der Waals surface area contributed by atoms with E-state index >= 15 is 0 Å². The van der Waals surface area contributed by atoms with Crippen molar-refractivity contribution in [1.82, 2.24) is 4.90 Å². The van der Waals surface area contributed by atoms with Gasteiger partial charge in [0.05, 0.1) is 25.1 Å². The Morgan fingerprint density at radius 2 is 1.31 bits per heavy atom. The average molecular weight is 522 g/mol. The summed E-state index contributed by atoms with van der Waals surface area (Å²) in [6.45, 7) is 24.7. The molecule has 0 bridgehead atoms. The summed E-state index contributed by atoms with van der Waals surface area (Å²) in [5, 5.41) is 0.792. The van der Waals surface area contributed by atoms with Gasteiger partial charge in [-0.2, -0.15) is 0 Å². The summed E-state index contributed by atoms with van der Waals surface area (Å²) in [4.78, 5) is 43.1. The van der Waals surface area contributed by atoms with Crippen LogP contribution in [0.1, 0.15) is 88.0 Å². The summed E-state index contributed by atoms with van der Waals surface area (Å²) in [6.07, 6.45) is 5.82. The first kappa shape index (κ1) is 32.1. The van der Waals surface area contributed by atoms with Crippen molar-refractivity contribution in [2.24, 2.45) is 11.8 Å². The minimum absolute atomic E-state index is 0.0180.